The van der Waals surface area contributed by atoms with Gasteiger partial charge in [-0.3, -0.25) is 4.79 Å². The fourth-order valence-electron chi connectivity index (χ4n) is 2.19. The largest absolute Gasteiger partial charge is 0.301 e. The first-order chi connectivity index (χ1) is 9.25. The van der Waals surface area contributed by atoms with Crippen LogP contribution in [0.15, 0.2) is 59.6 Å². The van der Waals surface area contributed by atoms with Crippen LogP contribution in [-0.4, -0.2) is 18.2 Å². The Morgan fingerprint density at radius 3 is 2.47 bits per heavy atom. The lowest BCUT2D eigenvalue weighted by atomic mass is 10.0. The van der Waals surface area contributed by atoms with Gasteiger partial charge in [-0.15, -0.1) is 0 Å². The first-order valence-electron chi connectivity index (χ1n) is 6.04. The summed E-state index contributed by atoms with van der Waals surface area (Å²) in [6.07, 6.45) is 0. The minimum Gasteiger partial charge on any atom is -0.301 e. The number of hydrogen-bond donors (Lipinski definition) is 1. The zero-order valence-electron chi connectivity index (χ0n) is 10.3. The van der Waals surface area contributed by atoms with E-state index in [0.717, 1.165) is 16.8 Å². The Kier molecular flexibility index (Phi) is 2.85. The highest BCUT2D eigenvalue weighted by Gasteiger charge is 2.21. The van der Waals surface area contributed by atoms with E-state index in [0.29, 0.717) is 5.71 Å². The van der Waals surface area contributed by atoms with Gasteiger partial charge in [0.15, 0.2) is 0 Å². The number of amides is 1. The van der Waals surface area contributed by atoms with Gasteiger partial charge in [0.05, 0.1) is 11.4 Å². The maximum absolute atomic E-state index is 11.8. The topological polar surface area (TPSA) is 58.7 Å². The van der Waals surface area contributed by atoms with Crippen molar-refractivity contribution in [2.45, 2.75) is 0 Å². The second kappa shape index (κ2) is 4.66. The van der Waals surface area contributed by atoms with E-state index in [1.165, 1.54) is 5.01 Å². The third-order valence-electron chi connectivity index (χ3n) is 3.06. The number of carbonyl (C=O) groups excluding carboxylic acids is 1. The van der Waals surface area contributed by atoms with E-state index >= 15 is 0 Å². The van der Waals surface area contributed by atoms with Gasteiger partial charge >= 0.3 is 0 Å². The van der Waals surface area contributed by atoms with Crippen molar-refractivity contribution < 1.29 is 4.79 Å². The van der Waals surface area contributed by atoms with Gasteiger partial charge < -0.3 is 5.01 Å². The highest BCUT2D eigenvalue weighted by Crippen LogP contribution is 2.24. The number of benzodiazepines with no additional fused rings is 1. The molecule has 1 amide bonds. The van der Waals surface area contributed by atoms with Crippen molar-refractivity contribution in [2.24, 2.45) is 10.8 Å². The molecule has 0 saturated heterocycles. The molecule has 4 heteroatoms. The molecule has 0 fully saturated rings. The van der Waals surface area contributed by atoms with Crippen LogP contribution >= 0.6 is 0 Å². The highest BCUT2D eigenvalue weighted by atomic mass is 16.1. The molecule has 19 heavy (non-hydrogen) atoms. The van der Waals surface area contributed by atoms with Crippen LogP contribution in [-0.2, 0) is 4.79 Å². The first kappa shape index (κ1) is 11.6. The molecule has 0 atom stereocenters. The van der Waals surface area contributed by atoms with E-state index in [4.69, 9.17) is 5.84 Å². The average Bonchev–Trinajstić information content (AvgIpc) is 2.57. The molecular formula is C15H13N3O. The molecule has 0 spiro atoms. The summed E-state index contributed by atoms with van der Waals surface area (Å²) in [7, 11) is 0. The van der Waals surface area contributed by atoms with Crippen molar-refractivity contribution in [3.05, 3.63) is 65.7 Å². The second-order valence-corrected chi connectivity index (χ2v) is 4.37. The molecule has 0 unspecified atom stereocenters. The number of fused-ring (bicyclic) bond motifs is 1. The van der Waals surface area contributed by atoms with Crippen LogP contribution in [0.1, 0.15) is 11.1 Å². The Morgan fingerprint density at radius 2 is 1.68 bits per heavy atom. The summed E-state index contributed by atoms with van der Waals surface area (Å²) in [6, 6.07) is 17.3. The zero-order chi connectivity index (χ0) is 13.2. The Labute approximate surface area is 111 Å². The molecule has 2 aromatic rings. The van der Waals surface area contributed by atoms with Crippen LogP contribution in [0.25, 0.3) is 0 Å². The van der Waals surface area contributed by atoms with Gasteiger partial charge in [-0.05, 0) is 6.07 Å². The van der Waals surface area contributed by atoms with Gasteiger partial charge in [0.25, 0.3) is 5.91 Å². The van der Waals surface area contributed by atoms with E-state index < -0.39 is 0 Å². The van der Waals surface area contributed by atoms with Gasteiger partial charge in [-0.1, -0.05) is 48.5 Å². The molecule has 0 bridgehead atoms. The van der Waals surface area contributed by atoms with Crippen LogP contribution < -0.4 is 10.9 Å². The zero-order valence-corrected chi connectivity index (χ0v) is 10.3. The quantitative estimate of drug-likeness (QED) is 0.785. The number of carbonyl (C=O) groups is 1. The fourth-order valence-corrected chi connectivity index (χ4v) is 2.19. The minimum absolute atomic E-state index is 0.0906. The summed E-state index contributed by atoms with van der Waals surface area (Å²) in [6.45, 7) is 0.0906. The summed E-state index contributed by atoms with van der Waals surface area (Å²) >= 11 is 0. The average molecular weight is 251 g/mol. The summed E-state index contributed by atoms with van der Waals surface area (Å²) < 4.78 is 0. The normalized spacial score (nSPS) is 14.7. The lowest BCUT2D eigenvalue weighted by Crippen LogP contribution is -2.35. The summed E-state index contributed by atoms with van der Waals surface area (Å²) in [5, 5.41) is 1.44. The van der Waals surface area contributed by atoms with Gasteiger partial charge in [-0.2, -0.15) is 0 Å². The standard InChI is InChI=1S/C15H13N3O/c16-18-10-14(19)17-15(11-6-2-1-3-7-11)12-8-4-5-9-13(12)18/h1-9H,10,16H2. The maximum Gasteiger partial charge on any atom is 0.267 e. The Hall–Kier alpha value is -2.46. The second-order valence-electron chi connectivity index (χ2n) is 4.37. The molecule has 3 rings (SSSR count). The Balaban J connectivity index is 2.22. The van der Waals surface area contributed by atoms with E-state index in [1.807, 2.05) is 54.6 Å². The van der Waals surface area contributed by atoms with Crippen molar-refractivity contribution in [3.63, 3.8) is 0 Å². The molecule has 2 N–H and O–H groups in total. The Morgan fingerprint density at radius 1 is 1.00 bits per heavy atom. The van der Waals surface area contributed by atoms with E-state index in [9.17, 15) is 4.79 Å². The molecule has 1 heterocycles. The maximum atomic E-state index is 11.8. The lowest BCUT2D eigenvalue weighted by Gasteiger charge is -2.17. The van der Waals surface area contributed by atoms with Gasteiger partial charge in [0.2, 0.25) is 0 Å². The van der Waals surface area contributed by atoms with Gasteiger partial charge in [0, 0.05) is 11.1 Å². The van der Waals surface area contributed by atoms with Crippen LogP contribution in [0.2, 0.25) is 0 Å². The van der Waals surface area contributed by atoms with Crippen LogP contribution in [0.5, 0.6) is 0 Å². The smallest absolute Gasteiger partial charge is 0.267 e. The summed E-state index contributed by atoms with van der Waals surface area (Å²) in [5.74, 6) is 5.68. The number of nitrogens with zero attached hydrogens (tertiary/aromatic N) is 2. The SMILES string of the molecule is NN1CC(=O)N=C(c2ccccc2)c2ccccc21. The number of benzene rings is 2. The summed E-state index contributed by atoms with van der Waals surface area (Å²) in [4.78, 5) is 16.0. The summed E-state index contributed by atoms with van der Waals surface area (Å²) in [5.41, 5.74) is 3.28. The predicted octanol–water partition coefficient (Wildman–Crippen LogP) is 1.74. The van der Waals surface area contributed by atoms with Crippen LogP contribution in [0.3, 0.4) is 0 Å². The van der Waals surface area contributed by atoms with Crippen LogP contribution in [0.4, 0.5) is 5.69 Å². The number of hydrazine groups is 1. The molecule has 1 aliphatic rings. The highest BCUT2D eigenvalue weighted by molar-refractivity contribution is 6.20. The van der Waals surface area contributed by atoms with E-state index in [2.05, 4.69) is 4.99 Å². The molecular weight excluding hydrogens is 238 g/mol. The molecule has 2 aromatic carbocycles. The van der Waals surface area contributed by atoms with Crippen molar-refractivity contribution in [2.75, 3.05) is 11.6 Å². The third kappa shape index (κ3) is 2.13. The van der Waals surface area contributed by atoms with Gasteiger partial charge in [0.1, 0.15) is 6.54 Å². The van der Waals surface area contributed by atoms with Crippen molar-refractivity contribution >= 4 is 17.3 Å². The van der Waals surface area contributed by atoms with Crippen LogP contribution in [0, 0.1) is 0 Å². The van der Waals surface area contributed by atoms with Gasteiger partial charge in [-0.25, -0.2) is 10.8 Å². The van der Waals surface area contributed by atoms with Crippen molar-refractivity contribution in [1.82, 2.24) is 0 Å². The lowest BCUT2D eigenvalue weighted by molar-refractivity contribution is -0.116. The number of aliphatic imine (C=N–C) groups is 1. The molecule has 94 valence electrons. The molecule has 0 radical (unpaired) electrons. The number of anilines is 1. The number of para-hydroxylation sites is 1. The molecule has 0 aromatic heterocycles. The predicted molar refractivity (Wildman–Crippen MR) is 75.1 cm³/mol. The fraction of sp³-hybridized carbons (Fsp3) is 0.0667. The molecule has 1 aliphatic heterocycles. The monoisotopic (exact) mass is 251 g/mol. The number of nitrogens with two attached hydrogens (primary N) is 1. The van der Waals surface area contributed by atoms with E-state index in [-0.39, 0.29) is 12.5 Å². The third-order valence-corrected chi connectivity index (χ3v) is 3.06. The van der Waals surface area contributed by atoms with E-state index in [1.54, 1.807) is 0 Å². The first-order valence-corrected chi connectivity index (χ1v) is 6.04. The Bertz CT molecular complexity index is 649. The number of rotatable bonds is 1. The van der Waals surface area contributed by atoms with Crippen molar-refractivity contribution in [1.29, 1.82) is 0 Å². The molecule has 0 aliphatic carbocycles. The van der Waals surface area contributed by atoms with Crippen molar-refractivity contribution in [3.8, 4) is 0 Å². The molecule has 4 nitrogen and oxygen atoms in total. The number of hydrogen-bond acceptors (Lipinski definition) is 3. The minimum atomic E-state index is -0.238. The molecule has 0 saturated carbocycles.